The molecule has 0 saturated carbocycles. The van der Waals surface area contributed by atoms with Gasteiger partial charge in [-0.15, -0.1) is 0 Å². The van der Waals surface area contributed by atoms with Gasteiger partial charge >= 0.3 is 17.9 Å². The van der Waals surface area contributed by atoms with Gasteiger partial charge in [-0.05, 0) is 39.8 Å². The zero-order valence-corrected chi connectivity index (χ0v) is 20.6. The van der Waals surface area contributed by atoms with E-state index in [9.17, 15) is 19.2 Å². The number of allylic oxidation sites excluding steroid dienone is 2. The predicted molar refractivity (Wildman–Crippen MR) is 124 cm³/mol. The lowest BCUT2D eigenvalue weighted by Gasteiger charge is -2.28. The molecule has 11 heteroatoms. The third-order valence-corrected chi connectivity index (χ3v) is 5.01. The van der Waals surface area contributed by atoms with Gasteiger partial charge in [-0.1, -0.05) is 0 Å². The van der Waals surface area contributed by atoms with Crippen molar-refractivity contribution in [2.45, 2.75) is 27.7 Å². The molecule has 1 amide bonds. The molecule has 190 valence electrons. The lowest BCUT2D eigenvalue weighted by atomic mass is 9.85. The number of carbonyl (C=O) groups is 4. The van der Waals surface area contributed by atoms with Crippen LogP contribution >= 0.6 is 0 Å². The Hall–Kier alpha value is -4.02. The first-order valence-electron chi connectivity index (χ1n) is 10.9. The third kappa shape index (κ3) is 6.52. The Balaban J connectivity index is 2.28. The second-order valence-corrected chi connectivity index (χ2v) is 7.30. The van der Waals surface area contributed by atoms with E-state index in [0.717, 1.165) is 0 Å². The summed E-state index contributed by atoms with van der Waals surface area (Å²) < 4.78 is 25.8. The van der Waals surface area contributed by atoms with Crippen molar-refractivity contribution < 1.29 is 42.9 Å². The molecule has 2 rings (SSSR count). The molecule has 0 fully saturated rings. The first-order valence-corrected chi connectivity index (χ1v) is 10.9. The second-order valence-electron chi connectivity index (χ2n) is 7.30. The fraction of sp³-hybridized carbons (Fsp3) is 0.417. The fourth-order valence-electron chi connectivity index (χ4n) is 3.51. The Labute approximate surface area is 203 Å². The van der Waals surface area contributed by atoms with Crippen LogP contribution in [0.2, 0.25) is 0 Å². The van der Waals surface area contributed by atoms with Crippen molar-refractivity contribution in [2.24, 2.45) is 5.92 Å². The molecule has 0 bridgehead atoms. The highest BCUT2D eigenvalue weighted by molar-refractivity contribution is 6.06. The Morgan fingerprint density at radius 2 is 1.46 bits per heavy atom. The molecule has 1 aromatic rings. The number of benzene rings is 1. The number of hydrogen-bond acceptors (Lipinski definition) is 10. The second kappa shape index (κ2) is 12.4. The fourth-order valence-corrected chi connectivity index (χ4v) is 3.51. The van der Waals surface area contributed by atoms with Crippen LogP contribution in [0.1, 0.15) is 27.7 Å². The number of dihydropyridines is 1. The van der Waals surface area contributed by atoms with Gasteiger partial charge in [-0.3, -0.25) is 9.59 Å². The SMILES string of the molecule is CCOC(=O)C1=C(C)NC(C)=C(C(=O)OCC)C1C(=O)OCC(=O)Nc1cc(OC)ccc1OC. The van der Waals surface area contributed by atoms with Crippen LogP contribution in [0, 0.1) is 5.92 Å². The lowest BCUT2D eigenvalue weighted by Crippen LogP contribution is -2.39. The van der Waals surface area contributed by atoms with Gasteiger partial charge < -0.3 is 34.3 Å². The number of hydrogen-bond donors (Lipinski definition) is 2. The molecule has 0 unspecified atom stereocenters. The highest BCUT2D eigenvalue weighted by atomic mass is 16.5. The molecule has 11 nitrogen and oxygen atoms in total. The van der Waals surface area contributed by atoms with E-state index >= 15 is 0 Å². The first kappa shape index (κ1) is 27.2. The first-order chi connectivity index (χ1) is 16.7. The Bertz CT molecular complexity index is 1020. The largest absolute Gasteiger partial charge is 0.497 e. The standard InChI is InChI=1S/C24H30N2O9/c1-7-33-22(28)19-13(3)25-14(4)20(23(29)34-8-2)21(19)24(30)35-12-18(27)26-16-11-15(31-5)9-10-17(16)32-6/h9-11,21,25H,7-8,12H2,1-6H3,(H,26,27). The van der Waals surface area contributed by atoms with Gasteiger partial charge in [0, 0.05) is 17.5 Å². The van der Waals surface area contributed by atoms with E-state index < -0.39 is 36.3 Å². The van der Waals surface area contributed by atoms with Gasteiger partial charge in [-0.25, -0.2) is 9.59 Å². The van der Waals surface area contributed by atoms with Crippen LogP contribution in [0.5, 0.6) is 11.5 Å². The maximum atomic E-state index is 13.1. The van der Waals surface area contributed by atoms with E-state index in [2.05, 4.69) is 10.6 Å². The molecule has 2 N–H and O–H groups in total. The molecule has 35 heavy (non-hydrogen) atoms. The quantitative estimate of drug-likeness (QED) is 0.370. The van der Waals surface area contributed by atoms with E-state index in [1.165, 1.54) is 14.2 Å². The molecule has 0 saturated heterocycles. The van der Waals surface area contributed by atoms with Crippen molar-refractivity contribution >= 4 is 29.5 Å². The summed E-state index contributed by atoms with van der Waals surface area (Å²) in [7, 11) is 2.91. The number of anilines is 1. The molecule has 0 atom stereocenters. The van der Waals surface area contributed by atoms with E-state index in [0.29, 0.717) is 28.6 Å². The van der Waals surface area contributed by atoms with Gasteiger partial charge in [-0.2, -0.15) is 0 Å². The maximum Gasteiger partial charge on any atom is 0.337 e. The van der Waals surface area contributed by atoms with Crippen molar-refractivity contribution in [2.75, 3.05) is 39.4 Å². The van der Waals surface area contributed by atoms with Crippen molar-refractivity contribution in [1.29, 1.82) is 0 Å². The molecular weight excluding hydrogens is 460 g/mol. The molecule has 1 aliphatic rings. The summed E-state index contributed by atoms with van der Waals surface area (Å²) in [6.45, 7) is 5.79. The topological polar surface area (TPSA) is 138 Å². The lowest BCUT2D eigenvalue weighted by molar-refractivity contribution is -0.153. The minimum Gasteiger partial charge on any atom is -0.497 e. The molecule has 0 aliphatic carbocycles. The predicted octanol–water partition coefficient (Wildman–Crippen LogP) is 2.08. The zero-order valence-electron chi connectivity index (χ0n) is 20.6. The summed E-state index contributed by atoms with van der Waals surface area (Å²) in [4.78, 5) is 51.0. The van der Waals surface area contributed by atoms with E-state index in [1.54, 1.807) is 45.9 Å². The number of methoxy groups -OCH3 is 2. The van der Waals surface area contributed by atoms with Crippen LogP contribution in [0.15, 0.2) is 40.7 Å². The summed E-state index contributed by atoms with van der Waals surface area (Å²) in [5, 5.41) is 5.49. The Morgan fingerprint density at radius 3 is 1.94 bits per heavy atom. The van der Waals surface area contributed by atoms with E-state index in [4.69, 9.17) is 23.7 Å². The average molecular weight is 491 g/mol. The van der Waals surface area contributed by atoms with Crippen LogP contribution in [0.4, 0.5) is 5.69 Å². The van der Waals surface area contributed by atoms with Gasteiger partial charge in [0.15, 0.2) is 6.61 Å². The molecule has 0 radical (unpaired) electrons. The molecule has 1 heterocycles. The summed E-state index contributed by atoms with van der Waals surface area (Å²) >= 11 is 0. The van der Waals surface area contributed by atoms with Gasteiger partial charge in [0.2, 0.25) is 0 Å². The number of esters is 3. The maximum absolute atomic E-state index is 13.1. The van der Waals surface area contributed by atoms with Crippen LogP contribution in [-0.4, -0.2) is 57.9 Å². The highest BCUT2D eigenvalue weighted by Gasteiger charge is 2.42. The molecule has 0 spiro atoms. The average Bonchev–Trinajstić information content (AvgIpc) is 2.82. The Kier molecular flexibility index (Phi) is 9.68. The number of nitrogens with one attached hydrogen (secondary N) is 2. The van der Waals surface area contributed by atoms with Crippen LogP contribution < -0.4 is 20.1 Å². The van der Waals surface area contributed by atoms with Crippen LogP contribution in [-0.2, 0) is 33.4 Å². The van der Waals surface area contributed by atoms with Crippen molar-refractivity contribution in [1.82, 2.24) is 5.32 Å². The molecule has 1 aliphatic heterocycles. The van der Waals surface area contributed by atoms with E-state index in [-0.39, 0.29) is 24.4 Å². The highest BCUT2D eigenvalue weighted by Crippen LogP contribution is 2.33. The Morgan fingerprint density at radius 1 is 0.886 bits per heavy atom. The monoisotopic (exact) mass is 490 g/mol. The zero-order chi connectivity index (χ0) is 26.1. The third-order valence-electron chi connectivity index (χ3n) is 5.01. The minimum absolute atomic E-state index is 0.0552. The van der Waals surface area contributed by atoms with E-state index in [1.807, 2.05) is 0 Å². The van der Waals surface area contributed by atoms with Crippen molar-refractivity contribution in [3.63, 3.8) is 0 Å². The van der Waals surface area contributed by atoms with Crippen molar-refractivity contribution in [3.8, 4) is 11.5 Å². The van der Waals surface area contributed by atoms with Crippen LogP contribution in [0.3, 0.4) is 0 Å². The van der Waals surface area contributed by atoms with Crippen LogP contribution in [0.25, 0.3) is 0 Å². The minimum atomic E-state index is -1.44. The molecule has 1 aromatic carbocycles. The number of amides is 1. The summed E-state index contributed by atoms with van der Waals surface area (Å²) in [5.41, 5.74) is 0.754. The number of rotatable bonds is 10. The normalized spacial score (nSPS) is 13.5. The summed E-state index contributed by atoms with van der Waals surface area (Å²) in [6.07, 6.45) is 0. The molecule has 0 aromatic heterocycles. The van der Waals surface area contributed by atoms with Crippen molar-refractivity contribution in [3.05, 3.63) is 40.7 Å². The summed E-state index contributed by atoms with van der Waals surface area (Å²) in [5.74, 6) is -3.82. The van der Waals surface area contributed by atoms with Gasteiger partial charge in [0.05, 0.1) is 44.3 Å². The molecular formula is C24H30N2O9. The van der Waals surface area contributed by atoms with Gasteiger partial charge in [0.1, 0.15) is 17.4 Å². The number of carbonyl (C=O) groups excluding carboxylic acids is 4. The van der Waals surface area contributed by atoms with Gasteiger partial charge in [0.25, 0.3) is 5.91 Å². The number of ether oxygens (including phenoxy) is 5. The summed E-state index contributed by atoms with van der Waals surface area (Å²) in [6, 6.07) is 4.80. The smallest absolute Gasteiger partial charge is 0.337 e.